The molecule has 0 spiro atoms. The molecule has 0 aliphatic rings. The number of hydrogen-bond acceptors (Lipinski definition) is 0. The lowest BCUT2D eigenvalue weighted by atomic mass is 10.1. The van der Waals surface area contributed by atoms with Crippen LogP contribution in [-0.4, -0.2) is 31.7 Å². The molecule has 0 aliphatic carbocycles. The van der Waals surface area contributed by atoms with Gasteiger partial charge in [-0.3, -0.25) is 0 Å². The average Bonchev–Trinajstić information content (AvgIpc) is 2.70. The van der Waals surface area contributed by atoms with E-state index in [9.17, 15) is 0 Å². The molecule has 0 aromatic rings. The number of halogens is 1. The first-order valence-electron chi connectivity index (χ1n) is 13.9. The van der Waals surface area contributed by atoms with E-state index >= 15 is 0 Å². The molecule has 0 saturated heterocycles. The second kappa shape index (κ2) is 25.5. The molecule has 0 heterocycles. The highest BCUT2D eigenvalue weighted by Gasteiger charge is 2.13. The van der Waals surface area contributed by atoms with Crippen LogP contribution < -0.4 is 12.4 Å². The van der Waals surface area contributed by atoms with Gasteiger partial charge in [-0.05, 0) is 25.7 Å². The van der Waals surface area contributed by atoms with E-state index in [2.05, 4.69) is 27.9 Å². The lowest BCUT2D eigenvalue weighted by molar-refractivity contribution is -0.890. The van der Waals surface area contributed by atoms with Gasteiger partial charge in [-0.25, -0.2) is 0 Å². The first-order chi connectivity index (χ1) is 14.1. The SMILES string of the molecule is CCCCCCCCCCCCC[N+](C)(C)CCCCCCCCCCCCC.[Cl-]. The van der Waals surface area contributed by atoms with Crippen LogP contribution in [0.4, 0.5) is 0 Å². The number of hydrogen-bond donors (Lipinski definition) is 0. The molecule has 0 radical (unpaired) electrons. The predicted octanol–water partition coefficient (Wildman–Crippen LogP) is 6.69. The molecule has 0 aromatic heterocycles. The van der Waals surface area contributed by atoms with Crippen molar-refractivity contribution in [1.82, 2.24) is 0 Å². The van der Waals surface area contributed by atoms with Crippen molar-refractivity contribution in [2.75, 3.05) is 27.2 Å². The van der Waals surface area contributed by atoms with Crippen LogP contribution in [0.2, 0.25) is 0 Å². The van der Waals surface area contributed by atoms with E-state index in [0.717, 1.165) is 0 Å². The van der Waals surface area contributed by atoms with Crippen molar-refractivity contribution in [2.24, 2.45) is 0 Å². The lowest BCUT2D eigenvalue weighted by Crippen LogP contribution is -3.00. The van der Waals surface area contributed by atoms with E-state index in [4.69, 9.17) is 0 Å². The summed E-state index contributed by atoms with van der Waals surface area (Å²) < 4.78 is 1.24. The molecule has 0 amide bonds. The van der Waals surface area contributed by atoms with Gasteiger partial charge < -0.3 is 16.9 Å². The third-order valence-corrected chi connectivity index (χ3v) is 6.73. The van der Waals surface area contributed by atoms with Gasteiger partial charge in [0.25, 0.3) is 0 Å². The molecule has 184 valence electrons. The summed E-state index contributed by atoms with van der Waals surface area (Å²) in [7, 11) is 4.90. The van der Waals surface area contributed by atoms with Crippen molar-refractivity contribution in [2.45, 2.75) is 155 Å². The Bertz CT molecular complexity index is 275. The molecule has 0 atom stereocenters. The van der Waals surface area contributed by atoms with Gasteiger partial charge >= 0.3 is 0 Å². The summed E-state index contributed by atoms with van der Waals surface area (Å²) in [5.74, 6) is 0. The zero-order valence-electron chi connectivity index (χ0n) is 21.8. The molecule has 0 aliphatic heterocycles. The molecule has 0 fully saturated rings. The Hall–Kier alpha value is 0.250. The fourth-order valence-electron chi connectivity index (χ4n) is 4.52. The maximum atomic E-state index is 2.45. The van der Waals surface area contributed by atoms with Crippen molar-refractivity contribution >= 4 is 0 Å². The summed E-state index contributed by atoms with van der Waals surface area (Å²) in [4.78, 5) is 0. The normalized spacial score (nSPS) is 11.6. The molecule has 0 unspecified atom stereocenters. The molecule has 1 nitrogen and oxygen atoms in total. The van der Waals surface area contributed by atoms with Crippen LogP contribution in [0.3, 0.4) is 0 Å². The van der Waals surface area contributed by atoms with Gasteiger partial charge in [0.05, 0.1) is 27.2 Å². The van der Waals surface area contributed by atoms with Crippen LogP contribution in [0.25, 0.3) is 0 Å². The molecule has 0 aromatic carbocycles. The average molecular weight is 446 g/mol. The monoisotopic (exact) mass is 445 g/mol. The third kappa shape index (κ3) is 26.3. The number of rotatable bonds is 24. The van der Waals surface area contributed by atoms with Gasteiger partial charge in [-0.1, -0.05) is 129 Å². The van der Waals surface area contributed by atoms with Crippen LogP contribution >= 0.6 is 0 Å². The quantitative estimate of drug-likeness (QED) is 0.115. The highest BCUT2D eigenvalue weighted by atomic mass is 35.5. The van der Waals surface area contributed by atoms with Crippen LogP contribution in [0.5, 0.6) is 0 Å². The van der Waals surface area contributed by atoms with E-state index in [-0.39, 0.29) is 12.4 Å². The maximum Gasteiger partial charge on any atom is 0.0782 e. The minimum Gasteiger partial charge on any atom is -1.00 e. The Morgan fingerprint density at radius 2 is 0.533 bits per heavy atom. The summed E-state index contributed by atoms with van der Waals surface area (Å²) in [6, 6.07) is 0. The van der Waals surface area contributed by atoms with Gasteiger partial charge in [-0.15, -0.1) is 0 Å². The highest BCUT2D eigenvalue weighted by Crippen LogP contribution is 2.14. The van der Waals surface area contributed by atoms with Crippen molar-refractivity contribution in [3.63, 3.8) is 0 Å². The third-order valence-electron chi connectivity index (χ3n) is 6.73. The van der Waals surface area contributed by atoms with Gasteiger partial charge in [0.15, 0.2) is 0 Å². The van der Waals surface area contributed by atoms with Crippen LogP contribution in [0.1, 0.15) is 155 Å². The summed E-state index contributed by atoms with van der Waals surface area (Å²) in [6.45, 7) is 7.37. The molecule has 0 rings (SSSR count). The summed E-state index contributed by atoms with van der Waals surface area (Å²) >= 11 is 0. The standard InChI is InChI=1S/C28H60N.ClH/c1-5-7-9-11-13-15-17-19-21-23-25-27-29(3,4)28-26-24-22-20-18-16-14-12-10-8-6-2;/h5-28H2,1-4H3;1H/q+1;/p-1. The number of unbranched alkanes of at least 4 members (excludes halogenated alkanes) is 20. The highest BCUT2D eigenvalue weighted by molar-refractivity contribution is 4.50. The minimum absolute atomic E-state index is 0. The topological polar surface area (TPSA) is 0 Å². The Morgan fingerprint density at radius 3 is 0.767 bits per heavy atom. The Morgan fingerprint density at radius 1 is 0.333 bits per heavy atom. The van der Waals surface area contributed by atoms with E-state index in [1.807, 2.05) is 0 Å². The Balaban J connectivity index is 0. The van der Waals surface area contributed by atoms with E-state index in [0.29, 0.717) is 0 Å². The molecule has 0 saturated carbocycles. The van der Waals surface area contributed by atoms with E-state index in [1.165, 1.54) is 159 Å². The van der Waals surface area contributed by atoms with Gasteiger partial charge in [-0.2, -0.15) is 0 Å². The fourth-order valence-corrected chi connectivity index (χ4v) is 4.52. The van der Waals surface area contributed by atoms with Crippen molar-refractivity contribution in [1.29, 1.82) is 0 Å². The lowest BCUT2D eigenvalue weighted by Gasteiger charge is -2.30. The molecule has 0 N–H and O–H groups in total. The van der Waals surface area contributed by atoms with Crippen LogP contribution in [0, 0.1) is 0 Å². The zero-order chi connectivity index (χ0) is 21.5. The van der Waals surface area contributed by atoms with Crippen molar-refractivity contribution in [3.05, 3.63) is 0 Å². The summed E-state index contributed by atoms with van der Waals surface area (Å²) in [5, 5.41) is 0. The van der Waals surface area contributed by atoms with Gasteiger partial charge in [0.1, 0.15) is 0 Å². The first kappa shape index (κ1) is 32.4. The van der Waals surface area contributed by atoms with Gasteiger partial charge in [0.2, 0.25) is 0 Å². The summed E-state index contributed by atoms with van der Waals surface area (Å²) in [6.07, 6.45) is 32.0. The zero-order valence-corrected chi connectivity index (χ0v) is 22.6. The maximum absolute atomic E-state index is 2.45. The van der Waals surface area contributed by atoms with Crippen LogP contribution in [-0.2, 0) is 0 Å². The van der Waals surface area contributed by atoms with Crippen LogP contribution in [0.15, 0.2) is 0 Å². The minimum atomic E-state index is 0. The molecule has 0 bridgehead atoms. The first-order valence-corrected chi connectivity index (χ1v) is 13.9. The smallest absolute Gasteiger partial charge is 0.0782 e. The molecular formula is C28H60ClN. The van der Waals surface area contributed by atoms with Crippen molar-refractivity contribution < 1.29 is 16.9 Å². The Labute approximate surface area is 199 Å². The van der Waals surface area contributed by atoms with Crippen molar-refractivity contribution in [3.8, 4) is 0 Å². The fraction of sp³-hybridized carbons (Fsp3) is 1.00. The van der Waals surface area contributed by atoms with E-state index in [1.54, 1.807) is 0 Å². The van der Waals surface area contributed by atoms with E-state index < -0.39 is 0 Å². The number of nitrogens with zero attached hydrogens (tertiary/aromatic N) is 1. The Kier molecular flexibility index (Phi) is 27.6. The molecule has 30 heavy (non-hydrogen) atoms. The second-order valence-corrected chi connectivity index (χ2v) is 10.5. The van der Waals surface area contributed by atoms with Gasteiger partial charge in [0, 0.05) is 0 Å². The number of quaternary nitrogens is 1. The summed E-state index contributed by atoms with van der Waals surface area (Å²) in [5.41, 5.74) is 0. The largest absolute Gasteiger partial charge is 1.00 e. The molecular weight excluding hydrogens is 386 g/mol. The predicted molar refractivity (Wildman–Crippen MR) is 135 cm³/mol. The molecule has 2 heteroatoms. The second-order valence-electron chi connectivity index (χ2n) is 10.5.